The van der Waals surface area contributed by atoms with Crippen LogP contribution in [0.5, 0.6) is 0 Å². The van der Waals surface area contributed by atoms with Gasteiger partial charge in [0.1, 0.15) is 11.3 Å². The van der Waals surface area contributed by atoms with E-state index in [4.69, 9.17) is 56.2 Å². The molecule has 412 valence electrons. The van der Waals surface area contributed by atoms with Crippen molar-refractivity contribution in [2.24, 2.45) is 0 Å². The first-order valence-electron chi connectivity index (χ1n) is 23.9. The summed E-state index contributed by atoms with van der Waals surface area (Å²) in [5.41, 5.74) is 6.74. The number of carbonyl (C=O) groups is 2. The Balaban J connectivity index is 0.000000200. The number of sulfonamides is 2. The van der Waals surface area contributed by atoms with Crippen molar-refractivity contribution in [2.75, 3.05) is 6.26 Å². The van der Waals surface area contributed by atoms with Crippen LogP contribution in [0.2, 0.25) is 20.1 Å². The second-order valence-corrected chi connectivity index (χ2v) is 28.3. The maximum atomic E-state index is 12.8. The third kappa shape index (κ3) is 16.3. The molecule has 13 nitrogen and oxygen atoms in total. The molecule has 4 heterocycles. The highest BCUT2D eigenvalue weighted by Gasteiger charge is 2.34. The standard InChI is InChI=1S/C25H22BrCl2N3O2S2.C16H11BrCl2N2OS.C14H21NO4S/c1-3-19-21(13-14-35(32,33)30-16(2)17-7-5-4-6-8-17)29-31(22-10-9-18(27)15-20(22)28)25(19)23-11-12-24(26)34-23;1-2-10-12(8-22)20-21(13-4-3-9(18)7-11(13)19)16(10)14-5-6-15(17)23-14;1-11(12-9-7-6-8-10-12)15(20(5,17)18)13(16)19-14(2,3)4/h4-16,30H,3H2,1-2H3;3-8H,2H2,1H3;6-11H,1-5H3/b14-13+;;/t16-;;11-/m0.0/s1. The Hall–Kier alpha value is -4.64. The molecule has 0 saturated carbocycles. The van der Waals surface area contributed by atoms with Crippen LogP contribution in [0.3, 0.4) is 0 Å². The average molecular weight is 1340 g/mol. The number of halogens is 6. The van der Waals surface area contributed by atoms with E-state index in [2.05, 4.69) is 41.7 Å². The summed E-state index contributed by atoms with van der Waals surface area (Å²) in [6.45, 7) is 12.6. The minimum atomic E-state index is -3.73. The zero-order valence-electron chi connectivity index (χ0n) is 43.3. The second-order valence-electron chi connectivity index (χ2n) is 18.2. The number of nitrogens with zero attached hydrogens (tertiary/aromatic N) is 5. The van der Waals surface area contributed by atoms with Crippen LogP contribution in [0.15, 0.2) is 134 Å². The molecule has 23 heteroatoms. The zero-order chi connectivity index (χ0) is 57.3. The van der Waals surface area contributed by atoms with Gasteiger partial charge in [0.05, 0.1) is 68.1 Å². The van der Waals surface area contributed by atoms with Crippen LogP contribution in [-0.4, -0.2) is 64.9 Å². The molecule has 0 unspecified atom stereocenters. The lowest BCUT2D eigenvalue weighted by Crippen LogP contribution is -2.41. The molecule has 0 aliphatic heterocycles. The van der Waals surface area contributed by atoms with Crippen molar-refractivity contribution in [3.05, 3.63) is 188 Å². The molecule has 4 aromatic heterocycles. The van der Waals surface area contributed by atoms with Crippen LogP contribution in [-0.2, 0) is 37.6 Å². The molecule has 0 aliphatic carbocycles. The van der Waals surface area contributed by atoms with E-state index in [1.807, 2.05) is 81.4 Å². The maximum Gasteiger partial charge on any atom is 0.424 e. The van der Waals surface area contributed by atoms with Crippen molar-refractivity contribution in [3.8, 4) is 32.5 Å². The van der Waals surface area contributed by atoms with Crippen LogP contribution in [0.1, 0.15) is 99.0 Å². The number of thiophene rings is 2. The fourth-order valence-electron chi connectivity index (χ4n) is 7.91. The summed E-state index contributed by atoms with van der Waals surface area (Å²) in [4.78, 5) is 25.6. The molecule has 1 amide bonds. The van der Waals surface area contributed by atoms with Gasteiger partial charge in [-0.25, -0.2) is 35.7 Å². The van der Waals surface area contributed by atoms with Crippen molar-refractivity contribution >= 4 is 139 Å². The Bertz CT molecular complexity index is 3660. The fraction of sp³-hybridized carbons (Fsp3) is 0.236. The Kier molecular flexibility index (Phi) is 21.8. The Morgan fingerprint density at radius 1 is 0.705 bits per heavy atom. The average Bonchev–Trinajstić information content (AvgIpc) is 4.20. The molecule has 0 aliphatic rings. The van der Waals surface area contributed by atoms with Crippen LogP contribution in [0, 0.1) is 0 Å². The van der Waals surface area contributed by atoms with E-state index in [1.54, 1.807) is 120 Å². The van der Waals surface area contributed by atoms with Gasteiger partial charge in [0.25, 0.3) is 0 Å². The normalized spacial score (nSPS) is 12.5. The van der Waals surface area contributed by atoms with Gasteiger partial charge >= 0.3 is 6.09 Å². The van der Waals surface area contributed by atoms with Crippen LogP contribution in [0.25, 0.3) is 38.6 Å². The van der Waals surface area contributed by atoms with Gasteiger partial charge in [-0.2, -0.15) is 14.5 Å². The Morgan fingerprint density at radius 2 is 1.15 bits per heavy atom. The molecule has 0 radical (unpaired) electrons. The molecule has 0 spiro atoms. The van der Waals surface area contributed by atoms with Gasteiger partial charge in [0, 0.05) is 32.6 Å². The van der Waals surface area contributed by atoms with Crippen molar-refractivity contribution in [3.63, 3.8) is 0 Å². The van der Waals surface area contributed by atoms with Gasteiger partial charge in [-0.05, 0) is 157 Å². The molecule has 8 aromatic rings. The Morgan fingerprint density at radius 3 is 1.55 bits per heavy atom. The van der Waals surface area contributed by atoms with E-state index < -0.39 is 37.8 Å². The van der Waals surface area contributed by atoms with Gasteiger partial charge in [-0.1, -0.05) is 121 Å². The lowest BCUT2D eigenvalue weighted by molar-refractivity contribution is 0.0347. The number of benzene rings is 4. The zero-order valence-corrected chi connectivity index (χ0v) is 52.8. The van der Waals surface area contributed by atoms with Gasteiger partial charge in [0.2, 0.25) is 20.0 Å². The highest BCUT2D eigenvalue weighted by molar-refractivity contribution is 9.11. The molecule has 8 rings (SSSR count). The second kappa shape index (κ2) is 27.2. The lowest BCUT2D eigenvalue weighted by Gasteiger charge is -2.30. The molecular weight excluding hydrogens is 1290 g/mol. The number of rotatable bonds is 15. The highest BCUT2D eigenvalue weighted by atomic mass is 79.9. The van der Waals surface area contributed by atoms with Gasteiger partial charge in [-0.3, -0.25) is 4.79 Å². The predicted octanol–water partition coefficient (Wildman–Crippen LogP) is 16.9. The first-order chi connectivity index (χ1) is 36.7. The summed E-state index contributed by atoms with van der Waals surface area (Å²) in [6, 6.07) is 35.8. The van der Waals surface area contributed by atoms with Crippen molar-refractivity contribution in [2.45, 2.75) is 79.0 Å². The molecule has 2 atom stereocenters. The van der Waals surface area contributed by atoms with Crippen LogP contribution in [0.4, 0.5) is 4.79 Å². The summed E-state index contributed by atoms with van der Waals surface area (Å²) in [6.07, 6.45) is 3.79. The first kappa shape index (κ1) is 62.6. The summed E-state index contributed by atoms with van der Waals surface area (Å²) in [5, 5.41) is 12.4. The highest BCUT2D eigenvalue weighted by Crippen LogP contribution is 2.40. The summed E-state index contributed by atoms with van der Waals surface area (Å²) in [7, 11) is -7.45. The van der Waals surface area contributed by atoms with E-state index >= 15 is 0 Å². The largest absolute Gasteiger partial charge is 0.443 e. The first-order valence-corrected chi connectivity index (χ1v) is 32.0. The number of aromatic nitrogens is 4. The third-order valence-electron chi connectivity index (χ3n) is 11.3. The summed E-state index contributed by atoms with van der Waals surface area (Å²) in [5.74, 6) is 0. The fourth-order valence-corrected chi connectivity index (χ4v) is 13.8. The molecule has 78 heavy (non-hydrogen) atoms. The van der Waals surface area contributed by atoms with Crippen LogP contribution < -0.4 is 4.72 Å². The van der Waals surface area contributed by atoms with E-state index in [0.717, 1.165) is 73.2 Å². The quantitative estimate of drug-likeness (QED) is 0.0985. The van der Waals surface area contributed by atoms with Gasteiger partial charge in [-0.15, -0.1) is 22.7 Å². The van der Waals surface area contributed by atoms with Crippen molar-refractivity contribution in [1.29, 1.82) is 0 Å². The van der Waals surface area contributed by atoms with Crippen LogP contribution >= 0.6 is 101 Å². The molecule has 0 bridgehead atoms. The van der Waals surface area contributed by atoms with E-state index in [1.165, 1.54) is 6.08 Å². The van der Waals surface area contributed by atoms with E-state index in [9.17, 15) is 26.4 Å². The summed E-state index contributed by atoms with van der Waals surface area (Å²) < 4.78 is 63.6. The summed E-state index contributed by atoms with van der Waals surface area (Å²) >= 11 is 35.1. The minimum Gasteiger partial charge on any atom is -0.443 e. The topological polar surface area (TPSA) is 163 Å². The predicted molar refractivity (Wildman–Crippen MR) is 327 cm³/mol. The number of aldehydes is 1. The molecule has 0 fully saturated rings. The van der Waals surface area contributed by atoms with Crippen molar-refractivity contribution < 1.29 is 31.2 Å². The number of carbonyl (C=O) groups excluding carboxylic acids is 2. The molecule has 1 N–H and O–H groups in total. The smallest absolute Gasteiger partial charge is 0.424 e. The number of hydrogen-bond donors (Lipinski definition) is 1. The minimum absolute atomic E-state index is 0.374. The molecule has 4 aromatic carbocycles. The van der Waals surface area contributed by atoms with Gasteiger partial charge < -0.3 is 4.74 Å². The SMILES string of the molecule is CCc1c(/C=C/S(=O)(=O)N[C@@H](C)c2ccccc2)nn(-c2ccc(Cl)cc2Cl)c1-c1ccc(Br)s1.CCc1c(C=O)nn(-c2ccc(Cl)cc2Cl)c1-c1ccc(Br)s1.C[C@@H](c1ccccc1)N(C(=O)OC(C)(C)C)S(C)(=O)=O. The van der Waals surface area contributed by atoms with Gasteiger partial charge in [0.15, 0.2) is 6.29 Å². The van der Waals surface area contributed by atoms with E-state index in [0.29, 0.717) is 55.7 Å². The Labute approximate surface area is 500 Å². The van der Waals surface area contributed by atoms with Crippen molar-refractivity contribution in [1.82, 2.24) is 28.6 Å². The maximum absolute atomic E-state index is 12.8. The number of amides is 1. The third-order valence-corrected chi connectivity index (χ3v) is 18.0. The van der Waals surface area contributed by atoms with E-state index in [-0.39, 0.29) is 6.04 Å². The number of nitrogens with one attached hydrogen (secondary N) is 1. The lowest BCUT2D eigenvalue weighted by atomic mass is 10.1. The number of ether oxygens (including phenoxy) is 1. The monoisotopic (exact) mass is 1340 g/mol. The number of hydrogen-bond acceptors (Lipinski definition) is 11. The molecule has 0 saturated heterocycles. The molecular formula is C55H54Br2Cl4N6O7S4.